The number of Topliss-reactive ketones (excluding diaryl/α,β-unsaturated/α-hetero) is 1. The van der Waals surface area contributed by atoms with Gasteiger partial charge in [0.1, 0.15) is 5.78 Å². The monoisotopic (exact) mass is 369 g/mol. The van der Waals surface area contributed by atoms with E-state index in [-0.39, 0.29) is 42.4 Å². The molecule has 0 spiro atoms. The third-order valence-corrected chi connectivity index (χ3v) is 4.70. The van der Waals surface area contributed by atoms with Crippen molar-refractivity contribution in [3.05, 3.63) is 0 Å². The Bertz CT molecular complexity index is 524. The van der Waals surface area contributed by atoms with E-state index in [2.05, 4.69) is 0 Å². The molecule has 1 atom stereocenters. The minimum atomic E-state index is -0.670. The quantitative estimate of drug-likeness (QED) is 0.524. The van der Waals surface area contributed by atoms with E-state index in [0.29, 0.717) is 26.1 Å². The molecule has 2 amide bonds. The van der Waals surface area contributed by atoms with Gasteiger partial charge < -0.3 is 9.47 Å². The van der Waals surface area contributed by atoms with E-state index in [4.69, 9.17) is 9.47 Å². The van der Waals surface area contributed by atoms with Crippen molar-refractivity contribution >= 4 is 17.6 Å². The van der Waals surface area contributed by atoms with Gasteiger partial charge in [-0.2, -0.15) is 0 Å². The summed E-state index contributed by atoms with van der Waals surface area (Å²) in [7, 11) is 0. The van der Waals surface area contributed by atoms with Crippen molar-refractivity contribution in [2.75, 3.05) is 19.8 Å². The highest BCUT2D eigenvalue weighted by Crippen LogP contribution is 2.28. The van der Waals surface area contributed by atoms with Crippen LogP contribution in [0.3, 0.4) is 0 Å². The molecule has 0 radical (unpaired) electrons. The maximum absolute atomic E-state index is 12.5. The first-order chi connectivity index (χ1) is 11.9. The lowest BCUT2D eigenvalue weighted by molar-refractivity contribution is -0.151. The Balaban J connectivity index is 2.54. The number of carbonyl (C=O) groups is 3. The van der Waals surface area contributed by atoms with Gasteiger partial charge in [-0.05, 0) is 33.6 Å². The molecule has 1 fully saturated rings. The summed E-state index contributed by atoms with van der Waals surface area (Å²) < 4.78 is 11.7. The third-order valence-electron chi connectivity index (χ3n) is 4.70. The second-order valence-electron chi connectivity index (χ2n) is 8.67. The van der Waals surface area contributed by atoms with Crippen molar-refractivity contribution in [2.24, 2.45) is 11.8 Å². The molecule has 0 bridgehead atoms. The zero-order valence-corrected chi connectivity index (χ0v) is 17.4. The number of rotatable bonds is 11. The fraction of sp³-hybridized carbons (Fsp3) is 0.850. The molecule has 1 saturated heterocycles. The zero-order valence-electron chi connectivity index (χ0n) is 17.4. The molecular formula is C20H35NO5. The summed E-state index contributed by atoms with van der Waals surface area (Å²) >= 11 is 0. The lowest BCUT2D eigenvalue weighted by Gasteiger charge is -2.34. The second kappa shape index (κ2) is 9.09. The molecule has 1 rings (SSSR count). The number of nitrogens with zero attached hydrogens (tertiary/aromatic N) is 1. The summed E-state index contributed by atoms with van der Waals surface area (Å²) in [4.78, 5) is 37.4. The summed E-state index contributed by atoms with van der Waals surface area (Å²) in [5, 5.41) is 0. The van der Waals surface area contributed by atoms with Crippen molar-refractivity contribution in [1.29, 1.82) is 0 Å². The lowest BCUT2D eigenvalue weighted by Crippen LogP contribution is -2.46. The molecule has 0 saturated carbocycles. The van der Waals surface area contributed by atoms with Crippen LogP contribution in [-0.2, 0) is 23.9 Å². The Morgan fingerprint density at radius 1 is 1.15 bits per heavy atom. The smallest absolute Gasteiger partial charge is 0.233 e. The molecule has 0 aliphatic carbocycles. The maximum atomic E-state index is 12.5. The molecule has 26 heavy (non-hydrogen) atoms. The molecule has 6 nitrogen and oxygen atoms in total. The fourth-order valence-electron chi connectivity index (χ4n) is 2.85. The summed E-state index contributed by atoms with van der Waals surface area (Å²) in [5.74, 6) is -0.130. The van der Waals surface area contributed by atoms with Crippen molar-refractivity contribution in [2.45, 2.75) is 78.9 Å². The van der Waals surface area contributed by atoms with E-state index in [1.54, 1.807) is 0 Å². The number of imide groups is 1. The number of ketones is 1. The van der Waals surface area contributed by atoms with Gasteiger partial charge in [-0.15, -0.1) is 0 Å². The highest BCUT2D eigenvalue weighted by atomic mass is 16.6. The topological polar surface area (TPSA) is 72.9 Å². The molecule has 0 N–H and O–H groups in total. The van der Waals surface area contributed by atoms with Crippen LogP contribution in [0.25, 0.3) is 0 Å². The molecule has 1 aliphatic heterocycles. The van der Waals surface area contributed by atoms with Crippen LogP contribution in [0.2, 0.25) is 0 Å². The summed E-state index contributed by atoms with van der Waals surface area (Å²) in [6.45, 7) is 14.2. The fourth-order valence-corrected chi connectivity index (χ4v) is 2.85. The third kappa shape index (κ3) is 6.80. The number of likely N-dealkylation sites (tertiary alicyclic amines) is 1. The largest absolute Gasteiger partial charge is 0.373 e. The predicted molar refractivity (Wildman–Crippen MR) is 99.6 cm³/mol. The molecule has 6 heteroatoms. The van der Waals surface area contributed by atoms with E-state index in [1.165, 1.54) is 4.90 Å². The Morgan fingerprint density at radius 3 is 2.27 bits per heavy atom. The molecule has 1 heterocycles. The van der Waals surface area contributed by atoms with E-state index in [9.17, 15) is 14.4 Å². The van der Waals surface area contributed by atoms with Gasteiger partial charge in [0.2, 0.25) is 11.8 Å². The van der Waals surface area contributed by atoms with Gasteiger partial charge in [-0.1, -0.05) is 20.8 Å². The molecule has 1 unspecified atom stereocenters. The first kappa shape index (κ1) is 22.8. The van der Waals surface area contributed by atoms with Crippen molar-refractivity contribution in [3.63, 3.8) is 0 Å². The minimum absolute atomic E-state index is 0.102. The summed E-state index contributed by atoms with van der Waals surface area (Å²) in [5.41, 5.74) is -1.22. The van der Waals surface area contributed by atoms with Crippen LogP contribution in [0.15, 0.2) is 0 Å². The minimum Gasteiger partial charge on any atom is -0.373 e. The van der Waals surface area contributed by atoms with E-state index >= 15 is 0 Å². The molecule has 0 aromatic carbocycles. The number of ether oxygens (including phenoxy) is 2. The summed E-state index contributed by atoms with van der Waals surface area (Å²) in [6.07, 6.45) is 1.20. The number of amides is 2. The Hall–Kier alpha value is -1.27. The van der Waals surface area contributed by atoms with E-state index in [1.807, 2.05) is 48.5 Å². The van der Waals surface area contributed by atoms with Crippen LogP contribution in [0.4, 0.5) is 0 Å². The number of carbonyl (C=O) groups excluding carboxylic acids is 3. The molecule has 1 aliphatic rings. The van der Waals surface area contributed by atoms with E-state index < -0.39 is 11.2 Å². The van der Waals surface area contributed by atoms with Crippen LogP contribution in [0.5, 0.6) is 0 Å². The lowest BCUT2D eigenvalue weighted by atomic mass is 9.94. The maximum Gasteiger partial charge on any atom is 0.233 e. The van der Waals surface area contributed by atoms with Gasteiger partial charge in [0.15, 0.2) is 0 Å². The van der Waals surface area contributed by atoms with Crippen LogP contribution in [0, 0.1) is 11.8 Å². The second-order valence-corrected chi connectivity index (χ2v) is 8.67. The Kier molecular flexibility index (Phi) is 7.96. The van der Waals surface area contributed by atoms with Gasteiger partial charge in [0, 0.05) is 25.2 Å². The van der Waals surface area contributed by atoms with Gasteiger partial charge in [0.25, 0.3) is 0 Å². The van der Waals surface area contributed by atoms with Crippen LogP contribution in [-0.4, -0.2) is 53.5 Å². The van der Waals surface area contributed by atoms with Crippen LogP contribution < -0.4 is 0 Å². The Labute approximate surface area is 157 Å². The average Bonchev–Trinajstić information content (AvgIpc) is 2.81. The highest BCUT2D eigenvalue weighted by molar-refractivity contribution is 6.03. The van der Waals surface area contributed by atoms with Gasteiger partial charge >= 0.3 is 0 Å². The molecular weight excluding hydrogens is 334 g/mol. The van der Waals surface area contributed by atoms with Gasteiger partial charge in [-0.3, -0.25) is 19.3 Å². The van der Waals surface area contributed by atoms with Crippen molar-refractivity contribution < 1.29 is 23.9 Å². The van der Waals surface area contributed by atoms with Crippen molar-refractivity contribution in [1.82, 2.24) is 4.90 Å². The molecule has 150 valence electrons. The first-order valence-corrected chi connectivity index (χ1v) is 9.52. The standard InChI is InChI=1S/C20H35NO5/c1-8-15(22)9-10-25-20(6,7)13-26-19(4,5)12-21-17(23)11-16(14(2)3)18(21)24/h14,16H,8-13H2,1-7H3. The van der Waals surface area contributed by atoms with Crippen LogP contribution >= 0.6 is 0 Å². The van der Waals surface area contributed by atoms with Crippen LogP contribution in [0.1, 0.15) is 67.7 Å². The highest BCUT2D eigenvalue weighted by Gasteiger charge is 2.42. The first-order valence-electron chi connectivity index (χ1n) is 9.52. The van der Waals surface area contributed by atoms with E-state index in [0.717, 1.165) is 0 Å². The van der Waals surface area contributed by atoms with Crippen molar-refractivity contribution in [3.8, 4) is 0 Å². The number of hydrogen-bond acceptors (Lipinski definition) is 5. The SMILES string of the molecule is CCC(=O)CCOC(C)(C)COC(C)(C)CN1C(=O)CC(C(C)C)C1=O. The predicted octanol–water partition coefficient (Wildman–Crippen LogP) is 2.98. The molecule has 0 aromatic heterocycles. The zero-order chi connectivity index (χ0) is 20.1. The molecule has 0 aromatic rings. The number of hydrogen-bond donors (Lipinski definition) is 0. The average molecular weight is 370 g/mol. The summed E-state index contributed by atoms with van der Waals surface area (Å²) in [6, 6.07) is 0. The Morgan fingerprint density at radius 2 is 1.77 bits per heavy atom. The normalized spacial score (nSPS) is 18.9. The van der Waals surface area contributed by atoms with Gasteiger partial charge in [0.05, 0.1) is 31.0 Å². The van der Waals surface area contributed by atoms with Gasteiger partial charge in [-0.25, -0.2) is 0 Å².